The molecule has 128 valence electrons. The molecule has 1 aliphatic heterocycles. The van der Waals surface area contributed by atoms with E-state index in [-0.39, 0.29) is 18.4 Å². The van der Waals surface area contributed by atoms with E-state index in [0.29, 0.717) is 17.5 Å². The number of carbonyl (C=O) groups is 2. The van der Waals surface area contributed by atoms with Gasteiger partial charge in [0.05, 0.1) is 12.4 Å². The molecule has 0 aromatic carbocycles. The minimum Gasteiger partial charge on any atom is -0.347 e. The summed E-state index contributed by atoms with van der Waals surface area (Å²) < 4.78 is 1.84. The van der Waals surface area contributed by atoms with Gasteiger partial charge in [-0.1, -0.05) is 26.8 Å². The molecule has 0 spiro atoms. The van der Waals surface area contributed by atoms with Gasteiger partial charge in [0, 0.05) is 17.4 Å². The number of rotatable bonds is 3. The molecule has 2 aromatic rings. The Bertz CT molecular complexity index is 767. The Morgan fingerprint density at radius 1 is 1.33 bits per heavy atom. The number of carbonyl (C=O) groups excluding carboxylic acids is 2. The Labute approximate surface area is 144 Å². The van der Waals surface area contributed by atoms with Crippen molar-refractivity contribution in [1.82, 2.24) is 24.8 Å². The van der Waals surface area contributed by atoms with Crippen LogP contribution in [0.3, 0.4) is 0 Å². The standard InChI is InChI=1S/C16H21N5O2S/c1-16(2,3)15(23)21-10-24-9-11(21)14(22)17-8-13-19-18-12-6-4-5-7-20(12)13/h4-7,11H,8-10H2,1-3H3,(H,17,22). The highest BCUT2D eigenvalue weighted by Crippen LogP contribution is 2.27. The molecule has 0 bridgehead atoms. The second-order valence-electron chi connectivity index (χ2n) is 6.80. The van der Waals surface area contributed by atoms with Crippen LogP contribution < -0.4 is 5.32 Å². The lowest BCUT2D eigenvalue weighted by Gasteiger charge is -2.29. The Morgan fingerprint density at radius 3 is 2.88 bits per heavy atom. The minimum absolute atomic E-state index is 0.000535. The third-order valence-electron chi connectivity index (χ3n) is 3.89. The maximum Gasteiger partial charge on any atom is 0.244 e. The van der Waals surface area contributed by atoms with Crippen molar-refractivity contribution < 1.29 is 9.59 Å². The van der Waals surface area contributed by atoms with Crippen LogP contribution in [-0.2, 0) is 16.1 Å². The number of hydrogen-bond donors (Lipinski definition) is 1. The van der Waals surface area contributed by atoms with Crippen LogP contribution in [0.25, 0.3) is 5.65 Å². The first-order valence-electron chi connectivity index (χ1n) is 7.83. The van der Waals surface area contributed by atoms with Crippen molar-refractivity contribution in [2.45, 2.75) is 33.4 Å². The molecule has 1 fully saturated rings. The molecule has 0 aliphatic carbocycles. The molecule has 1 N–H and O–H groups in total. The highest BCUT2D eigenvalue weighted by Gasteiger charge is 2.38. The molecule has 0 radical (unpaired) electrons. The lowest BCUT2D eigenvalue weighted by atomic mass is 9.94. The highest BCUT2D eigenvalue weighted by atomic mass is 32.2. The first kappa shape index (κ1) is 16.8. The van der Waals surface area contributed by atoms with Gasteiger partial charge >= 0.3 is 0 Å². The summed E-state index contributed by atoms with van der Waals surface area (Å²) in [5.74, 6) is 1.69. The van der Waals surface area contributed by atoms with Crippen LogP contribution in [-0.4, -0.2) is 49.0 Å². The van der Waals surface area contributed by atoms with Gasteiger partial charge in [-0.3, -0.25) is 14.0 Å². The largest absolute Gasteiger partial charge is 0.347 e. The third kappa shape index (κ3) is 3.24. The summed E-state index contributed by atoms with van der Waals surface area (Å²) in [7, 11) is 0. The number of thioether (sulfide) groups is 1. The Hall–Kier alpha value is -2.09. The number of fused-ring (bicyclic) bond motifs is 1. The molecule has 0 saturated carbocycles. The van der Waals surface area contributed by atoms with Crippen LogP contribution in [0.2, 0.25) is 0 Å². The van der Waals surface area contributed by atoms with E-state index in [1.165, 1.54) is 0 Å². The average Bonchev–Trinajstić information content (AvgIpc) is 3.18. The van der Waals surface area contributed by atoms with Crippen molar-refractivity contribution in [3.63, 3.8) is 0 Å². The molecule has 3 rings (SSSR count). The van der Waals surface area contributed by atoms with Gasteiger partial charge in [0.2, 0.25) is 11.8 Å². The number of hydrogen-bond acceptors (Lipinski definition) is 5. The summed E-state index contributed by atoms with van der Waals surface area (Å²) in [6.07, 6.45) is 1.86. The first-order chi connectivity index (χ1) is 11.4. The average molecular weight is 347 g/mol. The SMILES string of the molecule is CC(C)(C)C(=O)N1CSCC1C(=O)NCc1nnc2ccccn12. The Balaban J connectivity index is 1.67. The summed E-state index contributed by atoms with van der Waals surface area (Å²) in [6, 6.07) is 5.20. The van der Waals surface area contributed by atoms with Gasteiger partial charge in [-0.2, -0.15) is 0 Å². The number of nitrogens with zero attached hydrogens (tertiary/aromatic N) is 4. The Kier molecular flexibility index (Phi) is 4.49. The van der Waals surface area contributed by atoms with E-state index in [4.69, 9.17) is 0 Å². The number of nitrogens with one attached hydrogen (secondary N) is 1. The summed E-state index contributed by atoms with van der Waals surface area (Å²) in [5, 5.41) is 11.0. The molecular formula is C16H21N5O2S. The van der Waals surface area contributed by atoms with Crippen molar-refractivity contribution in [3.05, 3.63) is 30.2 Å². The Morgan fingerprint density at radius 2 is 2.12 bits per heavy atom. The molecule has 1 saturated heterocycles. The number of aromatic nitrogens is 3. The predicted octanol–water partition coefficient (Wildman–Crippen LogP) is 1.29. The lowest BCUT2D eigenvalue weighted by molar-refractivity contribution is -0.144. The number of amides is 2. The van der Waals surface area contributed by atoms with Crippen LogP contribution in [0.5, 0.6) is 0 Å². The fraction of sp³-hybridized carbons (Fsp3) is 0.500. The maximum atomic E-state index is 12.5. The molecule has 24 heavy (non-hydrogen) atoms. The fourth-order valence-electron chi connectivity index (χ4n) is 2.59. The van der Waals surface area contributed by atoms with Crippen LogP contribution in [0, 0.1) is 5.41 Å². The second kappa shape index (κ2) is 6.43. The van der Waals surface area contributed by atoms with Gasteiger partial charge < -0.3 is 10.2 Å². The van der Waals surface area contributed by atoms with E-state index in [9.17, 15) is 9.59 Å². The van der Waals surface area contributed by atoms with Crippen molar-refractivity contribution in [2.75, 3.05) is 11.6 Å². The summed E-state index contributed by atoms with van der Waals surface area (Å²) in [4.78, 5) is 26.7. The van der Waals surface area contributed by atoms with E-state index in [1.54, 1.807) is 16.7 Å². The molecule has 1 unspecified atom stereocenters. The van der Waals surface area contributed by atoms with Crippen molar-refractivity contribution in [1.29, 1.82) is 0 Å². The van der Waals surface area contributed by atoms with Crippen molar-refractivity contribution >= 4 is 29.2 Å². The van der Waals surface area contributed by atoms with E-state index >= 15 is 0 Å². The summed E-state index contributed by atoms with van der Waals surface area (Å²) in [6.45, 7) is 5.89. The molecular weight excluding hydrogens is 326 g/mol. The topological polar surface area (TPSA) is 79.6 Å². The van der Waals surface area contributed by atoms with E-state index < -0.39 is 11.5 Å². The molecule has 1 aliphatic rings. The van der Waals surface area contributed by atoms with Gasteiger partial charge in [-0.05, 0) is 12.1 Å². The second-order valence-corrected chi connectivity index (χ2v) is 7.80. The van der Waals surface area contributed by atoms with Crippen LogP contribution >= 0.6 is 11.8 Å². The quantitative estimate of drug-likeness (QED) is 0.905. The van der Waals surface area contributed by atoms with Gasteiger partial charge in [-0.25, -0.2) is 0 Å². The van der Waals surface area contributed by atoms with Gasteiger partial charge in [-0.15, -0.1) is 22.0 Å². The number of pyridine rings is 1. The molecule has 7 nitrogen and oxygen atoms in total. The lowest BCUT2D eigenvalue weighted by Crippen LogP contribution is -2.50. The molecule has 8 heteroatoms. The van der Waals surface area contributed by atoms with Crippen molar-refractivity contribution in [2.24, 2.45) is 5.41 Å². The molecule has 1 atom stereocenters. The molecule has 2 aromatic heterocycles. The van der Waals surface area contributed by atoms with Gasteiger partial charge in [0.1, 0.15) is 6.04 Å². The normalized spacial score (nSPS) is 18.1. The summed E-state index contributed by atoms with van der Waals surface area (Å²) in [5.41, 5.74) is 0.245. The van der Waals surface area contributed by atoms with Gasteiger partial charge in [0.15, 0.2) is 11.5 Å². The zero-order valence-electron chi connectivity index (χ0n) is 14.0. The van der Waals surface area contributed by atoms with Crippen LogP contribution in [0.4, 0.5) is 0 Å². The smallest absolute Gasteiger partial charge is 0.244 e. The van der Waals surface area contributed by atoms with Crippen LogP contribution in [0.15, 0.2) is 24.4 Å². The van der Waals surface area contributed by atoms with E-state index in [1.807, 2.05) is 49.6 Å². The van der Waals surface area contributed by atoms with Gasteiger partial charge in [0.25, 0.3) is 0 Å². The highest BCUT2D eigenvalue weighted by molar-refractivity contribution is 7.99. The first-order valence-corrected chi connectivity index (χ1v) is 8.98. The zero-order valence-corrected chi connectivity index (χ0v) is 14.8. The fourth-order valence-corrected chi connectivity index (χ4v) is 3.74. The molecule has 3 heterocycles. The van der Waals surface area contributed by atoms with E-state index in [0.717, 1.165) is 5.65 Å². The minimum atomic E-state index is -0.493. The monoisotopic (exact) mass is 347 g/mol. The van der Waals surface area contributed by atoms with Crippen LogP contribution in [0.1, 0.15) is 26.6 Å². The van der Waals surface area contributed by atoms with E-state index in [2.05, 4.69) is 15.5 Å². The molecule has 2 amide bonds. The van der Waals surface area contributed by atoms with Crippen molar-refractivity contribution in [3.8, 4) is 0 Å². The third-order valence-corrected chi connectivity index (χ3v) is 4.90. The zero-order chi connectivity index (χ0) is 17.3. The maximum absolute atomic E-state index is 12.5. The predicted molar refractivity (Wildman–Crippen MR) is 92.2 cm³/mol. The summed E-state index contributed by atoms with van der Waals surface area (Å²) >= 11 is 1.60.